The van der Waals surface area contributed by atoms with Gasteiger partial charge in [-0.3, -0.25) is 4.79 Å². The number of rotatable bonds is 4. The van der Waals surface area contributed by atoms with Crippen LogP contribution in [0.2, 0.25) is 0 Å². The first-order valence-corrected chi connectivity index (χ1v) is 2.52. The largest absolute Gasteiger partial charge is 0.566 e. The van der Waals surface area contributed by atoms with Crippen molar-refractivity contribution >= 4 is 5.97 Å². The van der Waals surface area contributed by atoms with Crippen molar-refractivity contribution in [1.82, 2.24) is 0 Å². The third kappa shape index (κ3) is 8.49. The van der Waals surface area contributed by atoms with Gasteiger partial charge in [0.15, 0.2) is 0 Å². The number of hydrogen-bond acceptors (Lipinski definition) is 3. The van der Waals surface area contributed by atoms with Crippen LogP contribution in [0.25, 0.3) is 0 Å². The van der Waals surface area contributed by atoms with Crippen molar-refractivity contribution in [2.24, 2.45) is 0 Å². The topological polar surface area (TPSA) is 77.8 Å². The van der Waals surface area contributed by atoms with E-state index in [9.17, 15) is 4.79 Å². The molecule has 0 saturated heterocycles. The molecule has 5 heteroatoms. The molecule has 0 rings (SSSR count). The Balaban J connectivity index is 0. The Labute approximate surface area is 84.1 Å². The fraction of sp³-hybridized carbons (Fsp3) is 0.600. The first-order valence-electron chi connectivity index (χ1n) is 2.52. The fourth-order valence-corrected chi connectivity index (χ4v) is 0.407. The zero-order valence-electron chi connectivity index (χ0n) is 5.40. The van der Waals surface area contributed by atoms with E-state index >= 15 is 0 Å². The van der Waals surface area contributed by atoms with E-state index in [-0.39, 0.29) is 45.6 Å². The van der Waals surface area contributed by atoms with Crippen LogP contribution in [0, 0.1) is 6.61 Å². The van der Waals surface area contributed by atoms with E-state index in [0.717, 1.165) is 6.61 Å². The summed E-state index contributed by atoms with van der Waals surface area (Å²) in [7, 11) is 0. The van der Waals surface area contributed by atoms with E-state index in [1.807, 2.05) is 0 Å². The number of hydrogen-bond donors (Lipinski definition) is 3. The summed E-state index contributed by atoms with van der Waals surface area (Å²) < 4.78 is 0. The summed E-state index contributed by atoms with van der Waals surface area (Å²) in [5, 5.41) is 24.8. The van der Waals surface area contributed by atoms with E-state index in [0.29, 0.717) is 0 Å². The molecule has 0 aliphatic heterocycles. The quantitative estimate of drug-likeness (QED) is 0.573. The smallest absolute Gasteiger partial charge is 0.305 e. The maximum Gasteiger partial charge on any atom is 0.305 e. The molecule has 1 atom stereocenters. The Morgan fingerprint density at radius 1 is 1.60 bits per heavy atom. The van der Waals surface area contributed by atoms with Crippen LogP contribution in [-0.4, -0.2) is 27.4 Å². The molecule has 0 saturated carbocycles. The van der Waals surface area contributed by atoms with Crippen LogP contribution >= 0.6 is 0 Å². The molecule has 4 nitrogen and oxygen atoms in total. The van der Waals surface area contributed by atoms with Crippen molar-refractivity contribution in [2.75, 3.05) is 0 Å². The molecular weight excluding hydrogens is 213 g/mol. The Morgan fingerprint density at radius 2 is 2.10 bits per heavy atom. The van der Waals surface area contributed by atoms with Crippen LogP contribution in [0.4, 0.5) is 0 Å². The normalized spacial score (nSPS) is 11.8. The summed E-state index contributed by atoms with van der Waals surface area (Å²) in [4.78, 5) is 9.83. The zero-order valence-corrected chi connectivity index (χ0v) is 8.23. The van der Waals surface area contributed by atoms with Crippen LogP contribution in [0.1, 0.15) is 12.8 Å². The molecule has 0 unspecified atom stereocenters. The monoisotopic (exact) mass is 222 g/mol. The van der Waals surface area contributed by atoms with Crippen molar-refractivity contribution in [3.63, 3.8) is 0 Å². The maximum atomic E-state index is 9.83. The van der Waals surface area contributed by atoms with Crippen LogP contribution in [0.3, 0.4) is 0 Å². The number of carboxylic acids is 1. The van der Waals surface area contributed by atoms with Gasteiger partial charge < -0.3 is 15.3 Å². The van der Waals surface area contributed by atoms with Gasteiger partial charge in [-0.15, -0.1) is 6.42 Å². The van der Waals surface area contributed by atoms with Crippen molar-refractivity contribution < 1.29 is 52.8 Å². The first-order chi connectivity index (χ1) is 4.16. The second kappa shape index (κ2) is 7.60. The van der Waals surface area contributed by atoms with Gasteiger partial charge in [-0.1, -0.05) is 0 Å². The standard InChI is InChI=1S/C5H9O4.Y/c6-2-1-4(7)3-5(8)9;/h2,4,6-7H,1,3H2,(H,8,9);/q-1;/t4-;/m1./s1. The van der Waals surface area contributed by atoms with Gasteiger partial charge in [-0.2, -0.15) is 0 Å². The molecule has 0 amide bonds. The van der Waals surface area contributed by atoms with Crippen molar-refractivity contribution in [3.8, 4) is 0 Å². The summed E-state index contributed by atoms with van der Waals surface area (Å²) in [6.07, 6.45) is -1.28. The molecule has 0 aromatic heterocycles. The third-order valence-corrected chi connectivity index (χ3v) is 0.788. The molecule has 0 aromatic carbocycles. The summed E-state index contributed by atoms with van der Waals surface area (Å²) in [6, 6.07) is 0. The van der Waals surface area contributed by atoms with Crippen molar-refractivity contribution in [2.45, 2.75) is 18.9 Å². The fourth-order valence-electron chi connectivity index (χ4n) is 0.407. The number of aliphatic carboxylic acids is 1. The van der Waals surface area contributed by atoms with Gasteiger partial charge in [0.1, 0.15) is 0 Å². The minimum Gasteiger partial charge on any atom is -0.566 e. The molecule has 0 spiro atoms. The van der Waals surface area contributed by atoms with Crippen LogP contribution < -0.4 is 0 Å². The van der Waals surface area contributed by atoms with E-state index in [4.69, 9.17) is 15.3 Å². The number of aliphatic hydroxyl groups excluding tert-OH is 2. The molecule has 0 bridgehead atoms. The Morgan fingerprint density at radius 3 is 2.40 bits per heavy atom. The van der Waals surface area contributed by atoms with Crippen molar-refractivity contribution in [3.05, 3.63) is 6.61 Å². The first kappa shape index (κ1) is 13.1. The predicted molar refractivity (Wildman–Crippen MR) is 29.1 cm³/mol. The molecular formula is C5H9O4Y-. The number of aliphatic hydroxyl groups is 2. The Bertz CT molecular complexity index is 95.6. The van der Waals surface area contributed by atoms with Crippen LogP contribution in [-0.2, 0) is 37.5 Å². The second-order valence-electron chi connectivity index (χ2n) is 1.67. The minimum absolute atomic E-state index is 0. The third-order valence-electron chi connectivity index (χ3n) is 0.788. The van der Waals surface area contributed by atoms with Gasteiger partial charge in [0.25, 0.3) is 0 Å². The summed E-state index contributed by atoms with van der Waals surface area (Å²) in [6.45, 7) is 0.744. The molecule has 0 fully saturated rings. The van der Waals surface area contributed by atoms with E-state index < -0.39 is 12.1 Å². The van der Waals surface area contributed by atoms with Gasteiger partial charge in [0, 0.05) is 38.8 Å². The minimum atomic E-state index is -1.07. The van der Waals surface area contributed by atoms with Gasteiger partial charge in [0.05, 0.1) is 6.42 Å². The van der Waals surface area contributed by atoms with Crippen molar-refractivity contribution in [1.29, 1.82) is 0 Å². The van der Waals surface area contributed by atoms with E-state index in [1.54, 1.807) is 0 Å². The maximum absolute atomic E-state index is 9.83. The molecule has 0 aliphatic carbocycles. The zero-order chi connectivity index (χ0) is 7.28. The molecule has 3 N–H and O–H groups in total. The number of carbonyl (C=O) groups is 1. The molecule has 0 aromatic rings. The summed E-state index contributed by atoms with van der Waals surface area (Å²) in [5.74, 6) is -1.07. The van der Waals surface area contributed by atoms with Crippen LogP contribution in [0.15, 0.2) is 0 Å². The van der Waals surface area contributed by atoms with E-state index in [2.05, 4.69) is 0 Å². The average Bonchev–Trinajstić information content (AvgIpc) is 1.63. The van der Waals surface area contributed by atoms with Gasteiger partial charge in [-0.25, -0.2) is 6.61 Å². The Kier molecular flexibility index (Phi) is 9.96. The van der Waals surface area contributed by atoms with E-state index in [1.165, 1.54) is 0 Å². The predicted octanol–water partition coefficient (Wildman–Crippen LogP) is -0.256. The van der Waals surface area contributed by atoms with Gasteiger partial charge in [-0.05, 0) is 0 Å². The molecule has 0 aliphatic rings. The second-order valence-corrected chi connectivity index (χ2v) is 1.67. The summed E-state index contributed by atoms with van der Waals surface area (Å²) in [5.41, 5.74) is 0. The molecule has 0 heterocycles. The summed E-state index contributed by atoms with van der Waals surface area (Å²) >= 11 is 0. The number of carboxylic acid groups (broad SMARTS) is 1. The average molecular weight is 222 g/mol. The SMILES string of the molecule is O=C(O)C[C@H](O)C[CH-]O.[Y]. The molecule has 57 valence electrons. The van der Waals surface area contributed by atoms with Crippen LogP contribution in [0.5, 0.6) is 0 Å². The van der Waals surface area contributed by atoms with Gasteiger partial charge in [0.2, 0.25) is 0 Å². The molecule has 1 radical (unpaired) electrons. The molecule has 10 heavy (non-hydrogen) atoms. The Hall–Kier alpha value is 0.494. The van der Waals surface area contributed by atoms with Gasteiger partial charge >= 0.3 is 5.97 Å².